The highest BCUT2D eigenvalue weighted by Gasteiger charge is 2.14. The van der Waals surface area contributed by atoms with Crippen LogP contribution in [0, 0.1) is 5.92 Å². The fraction of sp³-hybridized carbons (Fsp3) is 0.923. The first kappa shape index (κ1) is 15.8. The maximum Gasteiger partial charge on any atom is 0.223 e. The van der Waals surface area contributed by atoms with Crippen molar-refractivity contribution in [3.8, 4) is 0 Å². The van der Waals surface area contributed by atoms with Gasteiger partial charge in [0.15, 0.2) is 0 Å². The lowest BCUT2D eigenvalue weighted by Gasteiger charge is -2.14. The van der Waals surface area contributed by atoms with E-state index in [1.165, 1.54) is 6.42 Å². The second-order valence-electron chi connectivity index (χ2n) is 4.29. The summed E-state index contributed by atoms with van der Waals surface area (Å²) in [6.07, 6.45) is 7.49. The Labute approximate surface area is 105 Å². The van der Waals surface area contributed by atoms with E-state index in [9.17, 15) is 4.79 Å². The van der Waals surface area contributed by atoms with Gasteiger partial charge in [0.2, 0.25) is 5.91 Å². The van der Waals surface area contributed by atoms with Gasteiger partial charge < -0.3 is 5.32 Å². The minimum absolute atomic E-state index is 0.216. The molecule has 0 bridgehead atoms. The Morgan fingerprint density at radius 2 is 1.94 bits per heavy atom. The molecule has 0 saturated heterocycles. The van der Waals surface area contributed by atoms with Crippen molar-refractivity contribution in [3.63, 3.8) is 0 Å². The fourth-order valence-corrected chi connectivity index (χ4v) is 1.91. The number of carbonyl (C=O) groups excluding carboxylic acids is 1. The number of alkyl halides is 1. The molecule has 96 valence electrons. The van der Waals surface area contributed by atoms with E-state index in [1.807, 2.05) is 0 Å². The first-order valence-corrected chi connectivity index (χ1v) is 7.13. The molecule has 16 heavy (non-hydrogen) atoms. The van der Waals surface area contributed by atoms with Gasteiger partial charge in [0.25, 0.3) is 0 Å². The Morgan fingerprint density at radius 3 is 2.50 bits per heavy atom. The van der Waals surface area contributed by atoms with Crippen LogP contribution in [0.1, 0.15) is 58.8 Å². The summed E-state index contributed by atoms with van der Waals surface area (Å²) >= 11 is 5.59. The first-order valence-electron chi connectivity index (χ1n) is 6.59. The third kappa shape index (κ3) is 7.98. The second kappa shape index (κ2) is 11.3. The normalized spacial score (nSPS) is 12.4. The van der Waals surface area contributed by atoms with Crippen LogP contribution < -0.4 is 5.32 Å². The molecule has 1 unspecified atom stereocenters. The highest BCUT2D eigenvalue weighted by atomic mass is 35.5. The third-order valence-corrected chi connectivity index (χ3v) is 3.15. The zero-order valence-electron chi connectivity index (χ0n) is 10.7. The van der Waals surface area contributed by atoms with Crippen LogP contribution in [-0.4, -0.2) is 18.3 Å². The van der Waals surface area contributed by atoms with Crippen LogP contribution in [0.15, 0.2) is 0 Å². The van der Waals surface area contributed by atoms with Gasteiger partial charge >= 0.3 is 0 Å². The number of nitrogens with one attached hydrogen (secondary N) is 1. The number of hydrogen-bond acceptors (Lipinski definition) is 1. The molecule has 1 atom stereocenters. The van der Waals surface area contributed by atoms with E-state index in [1.54, 1.807) is 0 Å². The minimum atomic E-state index is 0.216. The van der Waals surface area contributed by atoms with E-state index in [0.717, 1.165) is 50.9 Å². The Balaban J connectivity index is 3.58. The first-order chi connectivity index (χ1) is 7.76. The van der Waals surface area contributed by atoms with Crippen LogP contribution in [0.5, 0.6) is 0 Å². The Bertz CT molecular complexity index is 173. The van der Waals surface area contributed by atoms with Gasteiger partial charge in [0.05, 0.1) is 0 Å². The van der Waals surface area contributed by atoms with Crippen LogP contribution in [0.4, 0.5) is 0 Å². The zero-order valence-corrected chi connectivity index (χ0v) is 11.5. The monoisotopic (exact) mass is 247 g/mol. The van der Waals surface area contributed by atoms with Gasteiger partial charge in [-0.3, -0.25) is 4.79 Å². The van der Waals surface area contributed by atoms with Crippen molar-refractivity contribution in [2.24, 2.45) is 5.92 Å². The maximum absolute atomic E-state index is 11.8. The molecular formula is C13H26ClNO. The predicted molar refractivity (Wildman–Crippen MR) is 70.9 cm³/mol. The van der Waals surface area contributed by atoms with Crippen LogP contribution in [-0.2, 0) is 4.79 Å². The van der Waals surface area contributed by atoms with E-state index in [2.05, 4.69) is 19.2 Å². The molecule has 1 amide bonds. The van der Waals surface area contributed by atoms with Crippen molar-refractivity contribution in [1.82, 2.24) is 5.32 Å². The largest absolute Gasteiger partial charge is 0.356 e. The molecule has 0 aromatic heterocycles. The Hall–Kier alpha value is -0.240. The lowest BCUT2D eigenvalue weighted by Crippen LogP contribution is -2.31. The Morgan fingerprint density at radius 1 is 1.19 bits per heavy atom. The van der Waals surface area contributed by atoms with Gasteiger partial charge in [0.1, 0.15) is 0 Å². The summed E-state index contributed by atoms with van der Waals surface area (Å²) in [4.78, 5) is 11.8. The molecule has 0 aliphatic heterocycles. The van der Waals surface area contributed by atoms with Gasteiger partial charge in [-0.1, -0.05) is 33.1 Å². The SMILES string of the molecule is CCCCC(CC)C(=O)NCCCCCCl. The number of unbranched alkanes of at least 4 members (excludes halogenated alkanes) is 3. The van der Waals surface area contributed by atoms with Crippen LogP contribution in [0.25, 0.3) is 0 Å². The molecule has 0 rings (SSSR count). The van der Waals surface area contributed by atoms with Gasteiger partial charge in [0, 0.05) is 18.3 Å². The molecular weight excluding hydrogens is 222 g/mol. The lowest BCUT2D eigenvalue weighted by molar-refractivity contribution is -0.125. The number of carbonyl (C=O) groups is 1. The highest BCUT2D eigenvalue weighted by molar-refractivity contribution is 6.17. The summed E-state index contributed by atoms with van der Waals surface area (Å²) in [7, 11) is 0. The van der Waals surface area contributed by atoms with Crippen molar-refractivity contribution in [2.45, 2.75) is 58.8 Å². The number of halogens is 1. The van der Waals surface area contributed by atoms with Crippen LogP contribution in [0.3, 0.4) is 0 Å². The molecule has 0 aliphatic rings. The zero-order chi connectivity index (χ0) is 12.2. The number of amides is 1. The van der Waals surface area contributed by atoms with E-state index in [-0.39, 0.29) is 11.8 Å². The maximum atomic E-state index is 11.8. The van der Waals surface area contributed by atoms with Gasteiger partial charge in [-0.25, -0.2) is 0 Å². The van der Waals surface area contributed by atoms with Crippen LogP contribution in [0.2, 0.25) is 0 Å². The summed E-state index contributed by atoms with van der Waals surface area (Å²) in [6, 6.07) is 0. The average Bonchev–Trinajstić information content (AvgIpc) is 2.30. The molecule has 0 radical (unpaired) electrons. The van der Waals surface area contributed by atoms with Crippen molar-refractivity contribution in [3.05, 3.63) is 0 Å². The smallest absolute Gasteiger partial charge is 0.223 e. The lowest BCUT2D eigenvalue weighted by atomic mass is 9.98. The summed E-state index contributed by atoms with van der Waals surface area (Å²) in [5, 5.41) is 3.02. The summed E-state index contributed by atoms with van der Waals surface area (Å²) < 4.78 is 0. The highest BCUT2D eigenvalue weighted by Crippen LogP contribution is 2.12. The fourth-order valence-electron chi connectivity index (χ4n) is 1.72. The van der Waals surface area contributed by atoms with Crippen molar-refractivity contribution in [1.29, 1.82) is 0 Å². The summed E-state index contributed by atoms with van der Waals surface area (Å²) in [5.41, 5.74) is 0. The molecule has 0 aromatic rings. The molecule has 0 saturated carbocycles. The number of rotatable bonds is 10. The van der Waals surface area contributed by atoms with Crippen LogP contribution >= 0.6 is 11.6 Å². The molecule has 1 N–H and O–H groups in total. The van der Waals surface area contributed by atoms with Crippen molar-refractivity contribution < 1.29 is 4.79 Å². The molecule has 0 aromatic carbocycles. The summed E-state index contributed by atoms with van der Waals surface area (Å²) in [6.45, 7) is 5.06. The van der Waals surface area contributed by atoms with Crippen molar-refractivity contribution in [2.75, 3.05) is 12.4 Å². The Kier molecular flexibility index (Phi) is 11.1. The average molecular weight is 248 g/mol. The number of hydrogen-bond donors (Lipinski definition) is 1. The molecule has 3 heteroatoms. The molecule has 0 spiro atoms. The van der Waals surface area contributed by atoms with E-state index in [0.29, 0.717) is 0 Å². The molecule has 0 heterocycles. The van der Waals surface area contributed by atoms with Crippen molar-refractivity contribution >= 4 is 17.5 Å². The molecule has 0 fully saturated rings. The van der Waals surface area contributed by atoms with Gasteiger partial charge in [-0.2, -0.15) is 0 Å². The predicted octanol–water partition coefficient (Wildman–Crippen LogP) is 3.73. The van der Waals surface area contributed by atoms with E-state index < -0.39 is 0 Å². The third-order valence-electron chi connectivity index (χ3n) is 2.88. The van der Waals surface area contributed by atoms with Gasteiger partial charge in [-0.05, 0) is 25.7 Å². The quantitative estimate of drug-likeness (QED) is 0.463. The topological polar surface area (TPSA) is 29.1 Å². The standard InChI is InChI=1S/C13H26ClNO/c1-3-5-9-12(4-2)13(16)15-11-8-6-7-10-14/h12H,3-11H2,1-2H3,(H,15,16). The van der Waals surface area contributed by atoms with E-state index >= 15 is 0 Å². The minimum Gasteiger partial charge on any atom is -0.356 e. The molecule has 2 nitrogen and oxygen atoms in total. The van der Waals surface area contributed by atoms with E-state index in [4.69, 9.17) is 11.6 Å². The molecule has 0 aliphatic carbocycles. The van der Waals surface area contributed by atoms with Gasteiger partial charge in [-0.15, -0.1) is 11.6 Å². The summed E-state index contributed by atoms with van der Waals surface area (Å²) in [5.74, 6) is 1.18. The second-order valence-corrected chi connectivity index (χ2v) is 4.67.